The van der Waals surface area contributed by atoms with Gasteiger partial charge in [0.2, 0.25) is 5.91 Å². The van der Waals surface area contributed by atoms with Gasteiger partial charge in [0.15, 0.2) is 0 Å². The summed E-state index contributed by atoms with van der Waals surface area (Å²) in [5.74, 6) is 0.186. The minimum absolute atomic E-state index is 0.186. The van der Waals surface area contributed by atoms with Crippen molar-refractivity contribution in [3.63, 3.8) is 0 Å². The van der Waals surface area contributed by atoms with E-state index in [0.29, 0.717) is 11.4 Å². The van der Waals surface area contributed by atoms with Crippen LogP contribution in [0.3, 0.4) is 0 Å². The summed E-state index contributed by atoms with van der Waals surface area (Å²) in [5, 5.41) is 0.682. The molecule has 1 aliphatic rings. The van der Waals surface area contributed by atoms with Gasteiger partial charge in [-0.25, -0.2) is 0 Å². The number of hydrogen-bond acceptors (Lipinski definition) is 1. The average Bonchev–Trinajstić information content (AvgIpc) is 2.97. The zero-order valence-electron chi connectivity index (χ0n) is 12.8. The van der Waals surface area contributed by atoms with Gasteiger partial charge in [0.05, 0.1) is 12.5 Å². The summed E-state index contributed by atoms with van der Waals surface area (Å²) in [6.07, 6.45) is 2.53. The van der Waals surface area contributed by atoms with Crippen LogP contribution in [0.4, 0.5) is 0 Å². The molecule has 1 atom stereocenters. The van der Waals surface area contributed by atoms with Crippen LogP contribution >= 0.6 is 11.6 Å². The van der Waals surface area contributed by atoms with Crippen molar-refractivity contribution < 1.29 is 4.79 Å². The smallest absolute Gasteiger partial charge is 0.227 e. The summed E-state index contributed by atoms with van der Waals surface area (Å²) in [4.78, 5) is 14.7. The average molecular weight is 314 g/mol. The molecule has 3 heteroatoms. The number of rotatable bonds is 3. The van der Waals surface area contributed by atoms with Crippen LogP contribution in [0.25, 0.3) is 0 Å². The molecule has 1 heterocycles. The predicted octanol–water partition coefficient (Wildman–Crippen LogP) is 4.55. The van der Waals surface area contributed by atoms with E-state index >= 15 is 0 Å². The Morgan fingerprint density at radius 3 is 2.73 bits per heavy atom. The summed E-state index contributed by atoms with van der Waals surface area (Å²) >= 11 is 6.00. The second kappa shape index (κ2) is 6.53. The SMILES string of the molecule is Cc1ccc([C@@H]2CCCN2C(=O)Cc2cccc(Cl)c2)cc1. The van der Waals surface area contributed by atoms with Crippen LogP contribution in [0.2, 0.25) is 5.02 Å². The van der Waals surface area contributed by atoms with E-state index in [2.05, 4.69) is 31.2 Å². The fraction of sp³-hybridized carbons (Fsp3) is 0.316. The van der Waals surface area contributed by atoms with Gasteiger partial charge in [-0.05, 0) is 43.0 Å². The molecule has 2 aromatic carbocycles. The zero-order chi connectivity index (χ0) is 15.5. The Hall–Kier alpha value is -1.80. The Balaban J connectivity index is 1.75. The Morgan fingerprint density at radius 2 is 2.00 bits per heavy atom. The van der Waals surface area contributed by atoms with Crippen LogP contribution in [-0.4, -0.2) is 17.4 Å². The van der Waals surface area contributed by atoms with Crippen molar-refractivity contribution >= 4 is 17.5 Å². The maximum absolute atomic E-state index is 12.7. The Bertz CT molecular complexity index is 665. The maximum atomic E-state index is 12.7. The Labute approximate surface area is 136 Å². The van der Waals surface area contributed by atoms with Gasteiger partial charge in [-0.15, -0.1) is 0 Å². The van der Waals surface area contributed by atoms with E-state index in [1.807, 2.05) is 29.2 Å². The number of halogens is 1. The summed E-state index contributed by atoms with van der Waals surface area (Å²) in [6, 6.07) is 16.3. The number of benzene rings is 2. The van der Waals surface area contributed by atoms with Crippen LogP contribution < -0.4 is 0 Å². The molecule has 0 bridgehead atoms. The lowest BCUT2D eigenvalue weighted by Gasteiger charge is -2.25. The van der Waals surface area contributed by atoms with E-state index < -0.39 is 0 Å². The molecule has 2 nitrogen and oxygen atoms in total. The van der Waals surface area contributed by atoms with Gasteiger partial charge < -0.3 is 4.90 Å². The van der Waals surface area contributed by atoms with Gasteiger partial charge in [0.25, 0.3) is 0 Å². The molecule has 0 radical (unpaired) electrons. The van der Waals surface area contributed by atoms with Gasteiger partial charge in [0.1, 0.15) is 0 Å². The van der Waals surface area contributed by atoms with Gasteiger partial charge in [-0.1, -0.05) is 53.6 Å². The standard InChI is InChI=1S/C19H20ClNO/c1-14-7-9-16(10-8-14)18-6-3-11-21(18)19(22)13-15-4-2-5-17(20)12-15/h2,4-5,7-10,12,18H,3,6,11,13H2,1H3/t18-/m0/s1. The highest BCUT2D eigenvalue weighted by atomic mass is 35.5. The molecule has 3 rings (SSSR count). The first-order chi connectivity index (χ1) is 10.6. The number of likely N-dealkylation sites (tertiary alicyclic amines) is 1. The van der Waals surface area contributed by atoms with Crippen molar-refractivity contribution in [2.24, 2.45) is 0 Å². The van der Waals surface area contributed by atoms with Gasteiger partial charge in [-0.2, -0.15) is 0 Å². The highest BCUT2D eigenvalue weighted by Gasteiger charge is 2.29. The van der Waals surface area contributed by atoms with Crippen LogP contribution in [0, 0.1) is 6.92 Å². The van der Waals surface area contributed by atoms with E-state index in [1.54, 1.807) is 0 Å². The normalized spacial score (nSPS) is 17.7. The summed E-state index contributed by atoms with van der Waals surface area (Å²) < 4.78 is 0. The molecule has 1 saturated heterocycles. The summed E-state index contributed by atoms with van der Waals surface area (Å²) in [7, 11) is 0. The van der Waals surface area contributed by atoms with Crippen molar-refractivity contribution in [1.29, 1.82) is 0 Å². The third-order valence-corrected chi connectivity index (χ3v) is 4.51. The molecule has 22 heavy (non-hydrogen) atoms. The van der Waals surface area contributed by atoms with E-state index in [4.69, 9.17) is 11.6 Å². The Kier molecular flexibility index (Phi) is 4.49. The number of nitrogens with zero attached hydrogens (tertiary/aromatic N) is 1. The van der Waals surface area contributed by atoms with Crippen molar-refractivity contribution in [1.82, 2.24) is 4.90 Å². The van der Waals surface area contributed by atoms with Crippen molar-refractivity contribution in [2.45, 2.75) is 32.2 Å². The third-order valence-electron chi connectivity index (χ3n) is 4.28. The zero-order valence-corrected chi connectivity index (χ0v) is 13.5. The number of carbonyl (C=O) groups excluding carboxylic acids is 1. The fourth-order valence-electron chi connectivity index (χ4n) is 3.12. The molecule has 2 aromatic rings. The molecule has 0 spiro atoms. The fourth-order valence-corrected chi connectivity index (χ4v) is 3.34. The van der Waals surface area contributed by atoms with E-state index in [0.717, 1.165) is 24.9 Å². The van der Waals surface area contributed by atoms with Crippen molar-refractivity contribution in [3.8, 4) is 0 Å². The second-order valence-electron chi connectivity index (χ2n) is 5.96. The van der Waals surface area contributed by atoms with Gasteiger partial charge in [-0.3, -0.25) is 4.79 Å². The lowest BCUT2D eigenvalue weighted by atomic mass is 10.0. The molecule has 0 unspecified atom stereocenters. The molecule has 0 aliphatic carbocycles. The minimum Gasteiger partial charge on any atom is -0.335 e. The molecule has 0 aromatic heterocycles. The largest absolute Gasteiger partial charge is 0.335 e. The number of aryl methyl sites for hydroxylation is 1. The number of hydrogen-bond donors (Lipinski definition) is 0. The van der Waals surface area contributed by atoms with Crippen molar-refractivity contribution in [3.05, 3.63) is 70.2 Å². The van der Waals surface area contributed by atoms with Crippen LogP contribution in [-0.2, 0) is 11.2 Å². The second-order valence-corrected chi connectivity index (χ2v) is 6.40. The van der Waals surface area contributed by atoms with Gasteiger partial charge >= 0.3 is 0 Å². The van der Waals surface area contributed by atoms with E-state index in [1.165, 1.54) is 11.1 Å². The number of amides is 1. The van der Waals surface area contributed by atoms with Crippen LogP contribution in [0.1, 0.15) is 35.6 Å². The molecule has 114 valence electrons. The Morgan fingerprint density at radius 1 is 1.23 bits per heavy atom. The number of carbonyl (C=O) groups is 1. The molecular weight excluding hydrogens is 294 g/mol. The molecule has 1 fully saturated rings. The van der Waals surface area contributed by atoms with Crippen LogP contribution in [0.5, 0.6) is 0 Å². The first-order valence-corrected chi connectivity index (χ1v) is 8.12. The summed E-state index contributed by atoms with van der Waals surface area (Å²) in [5.41, 5.74) is 3.47. The van der Waals surface area contributed by atoms with E-state index in [9.17, 15) is 4.79 Å². The van der Waals surface area contributed by atoms with Gasteiger partial charge in [0, 0.05) is 11.6 Å². The first-order valence-electron chi connectivity index (χ1n) is 7.74. The summed E-state index contributed by atoms with van der Waals surface area (Å²) in [6.45, 7) is 2.93. The highest BCUT2D eigenvalue weighted by Crippen LogP contribution is 2.32. The molecule has 1 aliphatic heterocycles. The van der Waals surface area contributed by atoms with E-state index in [-0.39, 0.29) is 11.9 Å². The molecule has 0 saturated carbocycles. The van der Waals surface area contributed by atoms with Crippen LogP contribution in [0.15, 0.2) is 48.5 Å². The predicted molar refractivity (Wildman–Crippen MR) is 90.0 cm³/mol. The molecule has 0 N–H and O–H groups in total. The lowest BCUT2D eigenvalue weighted by molar-refractivity contribution is -0.131. The first kappa shape index (κ1) is 15.1. The highest BCUT2D eigenvalue weighted by molar-refractivity contribution is 6.30. The maximum Gasteiger partial charge on any atom is 0.227 e. The quantitative estimate of drug-likeness (QED) is 0.813. The monoisotopic (exact) mass is 313 g/mol. The van der Waals surface area contributed by atoms with Crippen molar-refractivity contribution in [2.75, 3.05) is 6.54 Å². The molecular formula is C19H20ClNO. The molecule has 1 amide bonds. The third kappa shape index (κ3) is 3.33. The lowest BCUT2D eigenvalue weighted by Crippen LogP contribution is -2.31. The minimum atomic E-state index is 0.186. The topological polar surface area (TPSA) is 20.3 Å².